The van der Waals surface area contributed by atoms with Crippen molar-refractivity contribution in [1.82, 2.24) is 5.32 Å². The number of alkyl halides is 1. The van der Waals surface area contributed by atoms with E-state index in [4.69, 9.17) is 12.5 Å². The number of amides is 2. The van der Waals surface area contributed by atoms with Gasteiger partial charge in [-0.2, -0.15) is 0 Å². The van der Waals surface area contributed by atoms with E-state index < -0.39 is 57.6 Å². The molecule has 2 aromatic carbocycles. The molecule has 0 saturated carbocycles. The SMILES string of the molecule is C=C(/C=C\C(=O)NC(C)=O)C1CC([I-]OC(=O)c2ccccc2)C(COC(=O)c2ccccc2)O1. The number of carbonyl (C=O) groups excluding carboxylic acids is 4. The van der Waals surface area contributed by atoms with Crippen LogP contribution in [-0.4, -0.2) is 46.5 Å². The van der Waals surface area contributed by atoms with Gasteiger partial charge in [-0.3, -0.25) is 0 Å². The van der Waals surface area contributed by atoms with Gasteiger partial charge in [-0.15, -0.1) is 0 Å². The van der Waals surface area contributed by atoms with Crippen molar-refractivity contribution in [2.75, 3.05) is 6.61 Å². The normalized spacial score (nSPS) is 19.3. The molecule has 3 atom stereocenters. The van der Waals surface area contributed by atoms with Gasteiger partial charge in [0.15, 0.2) is 0 Å². The summed E-state index contributed by atoms with van der Waals surface area (Å²) in [6.45, 7) is 5.19. The molecule has 0 radical (unpaired) electrons. The molecule has 1 N–H and O–H groups in total. The van der Waals surface area contributed by atoms with Crippen LogP contribution in [0.2, 0.25) is 0 Å². The number of esters is 1. The molecule has 3 unspecified atom stereocenters. The van der Waals surface area contributed by atoms with Gasteiger partial charge < -0.3 is 0 Å². The molecule has 8 nitrogen and oxygen atoms in total. The first-order valence-corrected chi connectivity index (χ1v) is 12.9. The topological polar surface area (TPSA) is 108 Å². The van der Waals surface area contributed by atoms with Gasteiger partial charge in [-0.1, -0.05) is 0 Å². The number of carbonyl (C=O) groups is 4. The molecule has 2 amide bonds. The Hall–Kier alpha value is -3.31. The second kappa shape index (κ2) is 13.0. The van der Waals surface area contributed by atoms with Crippen molar-refractivity contribution in [2.24, 2.45) is 0 Å². The van der Waals surface area contributed by atoms with Crippen LogP contribution in [0.25, 0.3) is 0 Å². The van der Waals surface area contributed by atoms with E-state index in [1.807, 2.05) is 6.07 Å². The maximum atomic E-state index is 12.4. The molecule has 1 aliphatic heterocycles. The Labute approximate surface area is 214 Å². The van der Waals surface area contributed by atoms with Gasteiger partial charge in [-0.05, 0) is 0 Å². The summed E-state index contributed by atoms with van der Waals surface area (Å²) >= 11 is -1.11. The number of nitrogens with one attached hydrogen (secondary N) is 1. The van der Waals surface area contributed by atoms with Crippen LogP contribution in [-0.2, 0) is 22.1 Å². The fraction of sp³-hybridized carbons (Fsp3) is 0.231. The van der Waals surface area contributed by atoms with Gasteiger partial charge in [0, 0.05) is 0 Å². The van der Waals surface area contributed by atoms with Crippen LogP contribution in [0.5, 0.6) is 0 Å². The second-order valence-electron chi connectivity index (χ2n) is 7.65. The van der Waals surface area contributed by atoms with Crippen LogP contribution in [0.3, 0.4) is 0 Å². The number of hydrogen-bond donors (Lipinski definition) is 1. The zero-order chi connectivity index (χ0) is 25.2. The summed E-state index contributed by atoms with van der Waals surface area (Å²) < 4.78 is 17.0. The van der Waals surface area contributed by atoms with Gasteiger partial charge in [0.05, 0.1) is 0 Å². The Bertz CT molecular complexity index is 1040. The summed E-state index contributed by atoms with van der Waals surface area (Å²) in [6.07, 6.45) is 2.21. The molecule has 0 bridgehead atoms. The number of ether oxygens (including phenoxy) is 2. The molecule has 3 rings (SSSR count). The van der Waals surface area contributed by atoms with Crippen molar-refractivity contribution in [3.05, 3.63) is 96.1 Å². The Morgan fingerprint density at radius 1 is 1.00 bits per heavy atom. The maximum absolute atomic E-state index is 12.4. The number of rotatable bonds is 9. The number of hydrogen-bond acceptors (Lipinski definition) is 7. The molecule has 2 aromatic rings. The monoisotopic (exact) mass is 590 g/mol. The molecule has 0 aliphatic carbocycles. The van der Waals surface area contributed by atoms with E-state index in [0.717, 1.165) is 0 Å². The first-order chi connectivity index (χ1) is 16.8. The Kier molecular flexibility index (Phi) is 9.74. The molecule has 35 heavy (non-hydrogen) atoms. The summed E-state index contributed by atoms with van der Waals surface area (Å²) in [5.41, 5.74) is 1.40. The second-order valence-corrected chi connectivity index (χ2v) is 10.2. The fourth-order valence-electron chi connectivity index (χ4n) is 3.22. The minimum atomic E-state index is -1.11. The zero-order valence-corrected chi connectivity index (χ0v) is 21.2. The standard InChI is InChI=1S/C26H25INO7/c1-17(13-14-24(30)28-18(2)29)22-15-21(27-35-26(32)20-11-7-4-8-12-20)23(34-22)16-33-25(31)19-9-5-3-6-10-19/h3-14,21-23H,1,15-16H2,2H3,(H,28,29,30)/q-1/b14-13-. The van der Waals surface area contributed by atoms with E-state index in [1.165, 1.54) is 19.1 Å². The van der Waals surface area contributed by atoms with Gasteiger partial charge in [0.1, 0.15) is 0 Å². The first-order valence-electron chi connectivity index (χ1n) is 10.8. The molecule has 184 valence electrons. The van der Waals surface area contributed by atoms with Crippen LogP contribution in [0.1, 0.15) is 34.1 Å². The average molecular weight is 590 g/mol. The molecule has 0 spiro atoms. The van der Waals surface area contributed by atoms with E-state index >= 15 is 0 Å². The quantitative estimate of drug-likeness (QED) is 0.144. The van der Waals surface area contributed by atoms with E-state index in [9.17, 15) is 19.2 Å². The van der Waals surface area contributed by atoms with Crippen molar-refractivity contribution < 1.29 is 53.3 Å². The van der Waals surface area contributed by atoms with E-state index in [0.29, 0.717) is 23.1 Å². The molecule has 1 heterocycles. The van der Waals surface area contributed by atoms with Crippen molar-refractivity contribution >= 4 is 23.8 Å². The molecule has 1 saturated heterocycles. The van der Waals surface area contributed by atoms with Crippen molar-refractivity contribution in [3.63, 3.8) is 0 Å². The van der Waals surface area contributed by atoms with Crippen molar-refractivity contribution in [2.45, 2.75) is 29.5 Å². The molecule has 9 heteroatoms. The number of benzene rings is 2. The fourth-order valence-corrected chi connectivity index (χ4v) is 5.41. The van der Waals surface area contributed by atoms with Crippen LogP contribution in [0.4, 0.5) is 0 Å². The third-order valence-corrected chi connectivity index (χ3v) is 7.59. The Balaban J connectivity index is 1.64. The van der Waals surface area contributed by atoms with Gasteiger partial charge in [0.25, 0.3) is 0 Å². The van der Waals surface area contributed by atoms with E-state index in [2.05, 4.69) is 11.9 Å². The Morgan fingerprint density at radius 2 is 1.60 bits per heavy atom. The van der Waals surface area contributed by atoms with Crippen molar-refractivity contribution in [3.8, 4) is 0 Å². The predicted molar refractivity (Wildman–Crippen MR) is 123 cm³/mol. The van der Waals surface area contributed by atoms with E-state index in [1.54, 1.807) is 54.6 Å². The van der Waals surface area contributed by atoms with Crippen LogP contribution in [0.15, 0.2) is 85.0 Å². The van der Waals surface area contributed by atoms with Crippen molar-refractivity contribution in [1.29, 1.82) is 0 Å². The minimum absolute atomic E-state index is 0.0146. The first kappa shape index (κ1) is 26.3. The van der Waals surface area contributed by atoms with Gasteiger partial charge in [0.2, 0.25) is 0 Å². The van der Waals surface area contributed by atoms with Crippen LogP contribution in [0, 0.1) is 0 Å². The summed E-state index contributed by atoms with van der Waals surface area (Å²) in [4.78, 5) is 47.5. The number of halogens is 1. The molecular formula is C26H25INO7-. The summed E-state index contributed by atoms with van der Waals surface area (Å²) in [6, 6.07) is 17.3. The predicted octanol–water partition coefficient (Wildman–Crippen LogP) is 0.00560. The van der Waals surface area contributed by atoms with Gasteiger partial charge in [-0.25, -0.2) is 0 Å². The van der Waals surface area contributed by atoms with E-state index in [-0.39, 0.29) is 10.5 Å². The zero-order valence-electron chi connectivity index (χ0n) is 19.0. The molecule has 1 aliphatic rings. The average Bonchev–Trinajstić information content (AvgIpc) is 3.28. The third-order valence-electron chi connectivity index (χ3n) is 4.97. The number of imide groups is 1. The molecular weight excluding hydrogens is 565 g/mol. The summed E-state index contributed by atoms with van der Waals surface area (Å²) in [7, 11) is 0. The molecule has 1 fully saturated rings. The summed E-state index contributed by atoms with van der Waals surface area (Å²) in [5.74, 6) is -1.92. The molecule has 0 aromatic heterocycles. The van der Waals surface area contributed by atoms with Crippen LogP contribution >= 0.6 is 0 Å². The van der Waals surface area contributed by atoms with Gasteiger partial charge >= 0.3 is 215 Å². The third kappa shape index (κ3) is 8.15. The Morgan fingerprint density at radius 3 is 2.20 bits per heavy atom. The van der Waals surface area contributed by atoms with Crippen LogP contribution < -0.4 is 26.9 Å². The summed E-state index contributed by atoms with van der Waals surface area (Å²) in [5, 5.41) is 2.15.